The zero-order chi connectivity index (χ0) is 14.0. The van der Waals surface area contributed by atoms with Crippen molar-refractivity contribution in [2.45, 2.75) is 58.3 Å². The molecule has 4 heteroatoms. The summed E-state index contributed by atoms with van der Waals surface area (Å²) in [6, 6.07) is 0.861. The van der Waals surface area contributed by atoms with E-state index in [1.54, 1.807) is 0 Å². The number of aldehydes is 1. The van der Waals surface area contributed by atoms with Crippen molar-refractivity contribution in [3.05, 3.63) is 11.6 Å². The monoisotopic (exact) mass is 270 g/mol. The van der Waals surface area contributed by atoms with E-state index in [0.717, 1.165) is 37.2 Å². The molecule has 0 aromatic carbocycles. The molecule has 0 bridgehead atoms. The molecule has 0 aliphatic rings. The average molecular weight is 270 g/mol. The first kappa shape index (κ1) is 17.1. The van der Waals surface area contributed by atoms with Crippen LogP contribution in [-0.4, -0.2) is 26.9 Å². The fourth-order valence-electron chi connectivity index (χ4n) is 1.67. The molecule has 0 fully saturated rings. The van der Waals surface area contributed by atoms with Crippen molar-refractivity contribution in [3.8, 4) is 0 Å². The minimum absolute atomic E-state index is 0.171. The van der Waals surface area contributed by atoms with Crippen molar-refractivity contribution in [1.29, 1.82) is 0 Å². The van der Waals surface area contributed by atoms with Crippen LogP contribution < -0.4 is 0 Å². The first-order valence-electron chi connectivity index (χ1n) is 6.70. The maximum Gasteiger partial charge on any atom is 0.333 e. The van der Waals surface area contributed by atoms with Gasteiger partial charge < -0.3 is 9.53 Å². The third kappa shape index (κ3) is 9.16. The Labute approximate surface area is 112 Å². The van der Waals surface area contributed by atoms with Gasteiger partial charge in [0.1, 0.15) is 6.29 Å². The number of carbonyl (C=O) groups is 2. The van der Waals surface area contributed by atoms with Crippen molar-refractivity contribution in [2.75, 3.05) is 6.61 Å². The Morgan fingerprint density at radius 3 is 2.28 bits per heavy atom. The lowest BCUT2D eigenvalue weighted by molar-refractivity contribution is -0.138. The minimum Gasteiger partial charge on any atom is -0.463 e. The highest BCUT2D eigenvalue weighted by molar-refractivity contribution is 6.77. The van der Waals surface area contributed by atoms with Gasteiger partial charge in [-0.1, -0.05) is 25.7 Å². The minimum atomic E-state index is -1.31. The van der Waals surface area contributed by atoms with Crippen LogP contribution >= 0.6 is 0 Å². The predicted octanol–water partition coefficient (Wildman–Crippen LogP) is 3.57. The lowest BCUT2D eigenvalue weighted by Gasteiger charge is -2.17. The number of hydrogen-bond acceptors (Lipinski definition) is 3. The van der Waals surface area contributed by atoms with E-state index in [0.29, 0.717) is 13.0 Å². The lowest BCUT2D eigenvalue weighted by atomic mass is 10.1. The molecule has 0 aromatic heterocycles. The highest BCUT2D eigenvalue weighted by Gasteiger charge is 2.20. The Morgan fingerprint density at radius 2 is 1.78 bits per heavy atom. The number of rotatable bonds is 9. The Morgan fingerprint density at radius 1 is 1.17 bits per heavy atom. The van der Waals surface area contributed by atoms with Gasteiger partial charge in [0.25, 0.3) is 0 Å². The van der Waals surface area contributed by atoms with Crippen LogP contribution in [0.5, 0.6) is 0 Å². The molecule has 0 heterocycles. The van der Waals surface area contributed by atoms with Crippen molar-refractivity contribution >= 4 is 20.3 Å². The summed E-state index contributed by atoms with van der Waals surface area (Å²) in [5.74, 6) is -0.171. The van der Waals surface area contributed by atoms with E-state index in [2.05, 4.69) is 19.6 Å². The second kappa shape index (κ2) is 9.08. The maximum atomic E-state index is 11.8. The second-order valence-electron chi connectivity index (χ2n) is 5.64. The van der Waals surface area contributed by atoms with Crippen LogP contribution in [0.15, 0.2) is 11.6 Å². The summed E-state index contributed by atoms with van der Waals surface area (Å²) in [5, 5.41) is 0. The molecule has 0 atom stereocenters. The van der Waals surface area contributed by atoms with E-state index in [4.69, 9.17) is 4.74 Å². The molecule has 0 aromatic rings. The molecule has 104 valence electrons. The topological polar surface area (TPSA) is 43.4 Å². The molecule has 0 unspecified atom stereocenters. The first-order valence-corrected chi connectivity index (χ1v) is 10.4. The SMILES string of the molecule is CCOC(=O)/C(=C\CCCCC=O)C[Si](C)(C)C. The van der Waals surface area contributed by atoms with E-state index >= 15 is 0 Å². The molecule has 0 aliphatic heterocycles. The van der Waals surface area contributed by atoms with Gasteiger partial charge in [-0.15, -0.1) is 0 Å². The van der Waals surface area contributed by atoms with Crippen LogP contribution in [0, 0.1) is 0 Å². The number of allylic oxidation sites excluding steroid dienone is 1. The van der Waals surface area contributed by atoms with E-state index in [1.165, 1.54) is 0 Å². The van der Waals surface area contributed by atoms with Gasteiger partial charge in [-0.3, -0.25) is 0 Å². The van der Waals surface area contributed by atoms with E-state index in [-0.39, 0.29) is 5.97 Å². The van der Waals surface area contributed by atoms with Gasteiger partial charge in [-0.05, 0) is 32.2 Å². The highest BCUT2D eigenvalue weighted by atomic mass is 28.3. The molecule has 0 spiro atoms. The van der Waals surface area contributed by atoms with Gasteiger partial charge in [-0.2, -0.15) is 0 Å². The molecular weight excluding hydrogens is 244 g/mol. The zero-order valence-electron chi connectivity index (χ0n) is 12.1. The van der Waals surface area contributed by atoms with E-state index in [9.17, 15) is 9.59 Å². The summed E-state index contributed by atoms with van der Waals surface area (Å²) >= 11 is 0. The van der Waals surface area contributed by atoms with Gasteiger partial charge in [0.15, 0.2) is 0 Å². The zero-order valence-corrected chi connectivity index (χ0v) is 13.1. The second-order valence-corrected chi connectivity index (χ2v) is 11.1. The maximum absolute atomic E-state index is 11.8. The summed E-state index contributed by atoms with van der Waals surface area (Å²) in [6.45, 7) is 8.98. The van der Waals surface area contributed by atoms with Crippen LogP contribution in [0.2, 0.25) is 25.7 Å². The fraction of sp³-hybridized carbons (Fsp3) is 0.714. The van der Waals surface area contributed by atoms with Gasteiger partial charge >= 0.3 is 5.97 Å². The smallest absolute Gasteiger partial charge is 0.333 e. The van der Waals surface area contributed by atoms with Gasteiger partial charge in [-0.25, -0.2) is 4.79 Å². The quantitative estimate of drug-likeness (QED) is 0.211. The van der Waals surface area contributed by atoms with Crippen molar-refractivity contribution in [2.24, 2.45) is 0 Å². The average Bonchev–Trinajstić information content (AvgIpc) is 2.26. The molecule has 0 amide bonds. The summed E-state index contributed by atoms with van der Waals surface area (Å²) in [6.07, 6.45) is 6.25. The standard InChI is InChI=1S/C14H26O3Si/c1-5-17-14(16)13(12-18(2,3)4)10-8-6-7-9-11-15/h10-11H,5-9,12H2,1-4H3/b13-10-. The number of unbranched alkanes of at least 4 members (excludes halogenated alkanes) is 3. The summed E-state index contributed by atoms with van der Waals surface area (Å²) < 4.78 is 5.09. The number of esters is 1. The summed E-state index contributed by atoms with van der Waals surface area (Å²) in [7, 11) is -1.31. The molecule has 18 heavy (non-hydrogen) atoms. The largest absolute Gasteiger partial charge is 0.463 e. The third-order valence-corrected chi connectivity index (χ3v) is 3.87. The molecule has 0 saturated heterocycles. The molecule has 0 N–H and O–H groups in total. The summed E-state index contributed by atoms with van der Waals surface area (Å²) in [5.41, 5.74) is 0.821. The Bertz CT molecular complexity index is 290. The highest BCUT2D eigenvalue weighted by Crippen LogP contribution is 2.18. The Balaban J connectivity index is 4.40. The molecule has 3 nitrogen and oxygen atoms in total. The van der Waals surface area contributed by atoms with Crippen LogP contribution in [-0.2, 0) is 14.3 Å². The van der Waals surface area contributed by atoms with Crippen molar-refractivity contribution < 1.29 is 14.3 Å². The molecule has 0 aliphatic carbocycles. The van der Waals surface area contributed by atoms with Gasteiger partial charge in [0.05, 0.1) is 6.61 Å². The molecule has 0 saturated carbocycles. The number of carbonyl (C=O) groups excluding carboxylic acids is 2. The molecule has 0 radical (unpaired) electrons. The third-order valence-electron chi connectivity index (χ3n) is 2.43. The van der Waals surface area contributed by atoms with Crippen LogP contribution in [0.1, 0.15) is 32.6 Å². The fourth-order valence-corrected chi connectivity index (χ4v) is 3.10. The Hall–Kier alpha value is -0.903. The first-order chi connectivity index (χ1) is 8.40. The van der Waals surface area contributed by atoms with Crippen LogP contribution in [0.25, 0.3) is 0 Å². The number of hydrogen-bond donors (Lipinski definition) is 0. The number of ether oxygens (including phenoxy) is 1. The Kier molecular flexibility index (Phi) is 8.63. The van der Waals surface area contributed by atoms with E-state index in [1.807, 2.05) is 13.0 Å². The lowest BCUT2D eigenvalue weighted by Crippen LogP contribution is -2.23. The normalized spacial score (nSPS) is 12.3. The molecular formula is C14H26O3Si. The van der Waals surface area contributed by atoms with Crippen molar-refractivity contribution in [1.82, 2.24) is 0 Å². The van der Waals surface area contributed by atoms with Crippen LogP contribution in [0.4, 0.5) is 0 Å². The van der Waals surface area contributed by atoms with E-state index < -0.39 is 8.07 Å². The predicted molar refractivity (Wildman–Crippen MR) is 77.4 cm³/mol. The summed E-state index contributed by atoms with van der Waals surface area (Å²) in [4.78, 5) is 22.0. The van der Waals surface area contributed by atoms with Gasteiger partial charge in [0.2, 0.25) is 0 Å². The van der Waals surface area contributed by atoms with Crippen molar-refractivity contribution in [3.63, 3.8) is 0 Å². The molecule has 0 rings (SSSR count). The van der Waals surface area contributed by atoms with Gasteiger partial charge in [0, 0.05) is 20.1 Å². The van der Waals surface area contributed by atoms with Crippen LogP contribution in [0.3, 0.4) is 0 Å².